The van der Waals surface area contributed by atoms with Crippen molar-refractivity contribution in [2.75, 3.05) is 7.11 Å². The van der Waals surface area contributed by atoms with Crippen molar-refractivity contribution >= 4 is 5.78 Å². The lowest BCUT2D eigenvalue weighted by Gasteiger charge is -2.02. The first-order valence-corrected chi connectivity index (χ1v) is 6.29. The molecule has 2 atom stereocenters. The molecule has 3 nitrogen and oxygen atoms in total. The van der Waals surface area contributed by atoms with Crippen molar-refractivity contribution in [3.05, 3.63) is 65.7 Å². The van der Waals surface area contributed by atoms with Crippen molar-refractivity contribution in [1.29, 1.82) is 0 Å². The second-order valence-electron chi connectivity index (χ2n) is 4.63. The molecule has 3 heteroatoms. The van der Waals surface area contributed by atoms with Gasteiger partial charge in [-0.1, -0.05) is 30.3 Å². The molecule has 0 bridgehead atoms. The number of benzene rings is 2. The van der Waals surface area contributed by atoms with Gasteiger partial charge in [-0.2, -0.15) is 0 Å². The molecule has 2 aromatic carbocycles. The van der Waals surface area contributed by atoms with Crippen LogP contribution in [-0.4, -0.2) is 18.9 Å². The highest BCUT2D eigenvalue weighted by molar-refractivity contribution is 6.02. The van der Waals surface area contributed by atoms with E-state index in [-0.39, 0.29) is 17.9 Å². The van der Waals surface area contributed by atoms with Crippen LogP contribution in [0.5, 0.6) is 5.75 Å². The molecule has 2 aromatic rings. The summed E-state index contributed by atoms with van der Waals surface area (Å²) < 4.78 is 5.09. The van der Waals surface area contributed by atoms with E-state index in [4.69, 9.17) is 4.74 Å². The molecular weight excluding hydrogens is 238 g/mol. The van der Waals surface area contributed by atoms with Crippen LogP contribution in [0.4, 0.5) is 0 Å². The second kappa shape index (κ2) is 4.86. The Balaban J connectivity index is 1.72. The lowest BCUT2D eigenvalue weighted by Crippen LogP contribution is -2.10. The maximum atomic E-state index is 12.3. The molecule has 0 radical (unpaired) electrons. The zero-order chi connectivity index (χ0) is 13.2. The fourth-order valence-electron chi connectivity index (χ4n) is 2.25. The Morgan fingerprint density at radius 3 is 2.37 bits per heavy atom. The van der Waals surface area contributed by atoms with Gasteiger partial charge in [0.1, 0.15) is 5.75 Å². The highest BCUT2D eigenvalue weighted by Gasteiger charge is 2.43. The monoisotopic (exact) mass is 253 g/mol. The van der Waals surface area contributed by atoms with Gasteiger partial charge < -0.3 is 4.74 Å². The van der Waals surface area contributed by atoms with Crippen LogP contribution in [0.1, 0.15) is 22.0 Å². The molecule has 1 N–H and O–H groups in total. The van der Waals surface area contributed by atoms with E-state index in [1.54, 1.807) is 7.11 Å². The van der Waals surface area contributed by atoms with Crippen LogP contribution < -0.4 is 10.1 Å². The van der Waals surface area contributed by atoms with Crippen LogP contribution in [0.25, 0.3) is 0 Å². The minimum absolute atomic E-state index is 0.101. The Morgan fingerprint density at radius 1 is 1.05 bits per heavy atom. The maximum Gasteiger partial charge on any atom is 0.181 e. The summed E-state index contributed by atoms with van der Waals surface area (Å²) in [5, 5.41) is 3.23. The van der Waals surface area contributed by atoms with Crippen molar-refractivity contribution in [2.24, 2.45) is 0 Å². The molecule has 2 unspecified atom stereocenters. The smallest absolute Gasteiger partial charge is 0.181 e. The Kier molecular flexibility index (Phi) is 3.05. The molecule has 19 heavy (non-hydrogen) atoms. The predicted molar refractivity (Wildman–Crippen MR) is 73.4 cm³/mol. The van der Waals surface area contributed by atoms with Crippen LogP contribution in [-0.2, 0) is 0 Å². The minimum atomic E-state index is -0.101. The van der Waals surface area contributed by atoms with Gasteiger partial charge in [0.2, 0.25) is 0 Å². The summed E-state index contributed by atoms with van der Waals surface area (Å²) in [6.07, 6.45) is 0. The van der Waals surface area contributed by atoms with Crippen LogP contribution >= 0.6 is 0 Å². The summed E-state index contributed by atoms with van der Waals surface area (Å²) in [5.74, 6) is 0.899. The molecule has 1 aliphatic rings. The van der Waals surface area contributed by atoms with Crippen LogP contribution in [0.2, 0.25) is 0 Å². The third-order valence-electron chi connectivity index (χ3n) is 3.40. The molecule has 1 fully saturated rings. The average molecular weight is 253 g/mol. The minimum Gasteiger partial charge on any atom is -0.497 e. The number of carbonyl (C=O) groups excluding carboxylic acids is 1. The number of ketones is 1. The molecule has 1 aliphatic heterocycles. The van der Waals surface area contributed by atoms with E-state index >= 15 is 0 Å². The molecule has 1 saturated heterocycles. The summed E-state index contributed by atoms with van der Waals surface area (Å²) in [6.45, 7) is 0. The fraction of sp³-hybridized carbons (Fsp3) is 0.188. The van der Waals surface area contributed by atoms with Crippen LogP contribution in [0.3, 0.4) is 0 Å². The van der Waals surface area contributed by atoms with E-state index in [1.165, 1.54) is 0 Å². The molecule has 0 aliphatic carbocycles. The zero-order valence-electron chi connectivity index (χ0n) is 10.7. The highest BCUT2D eigenvalue weighted by Crippen LogP contribution is 2.32. The average Bonchev–Trinajstić information content (AvgIpc) is 3.28. The third-order valence-corrected chi connectivity index (χ3v) is 3.40. The second-order valence-corrected chi connectivity index (χ2v) is 4.63. The Bertz CT molecular complexity index is 577. The van der Waals surface area contributed by atoms with Crippen molar-refractivity contribution in [3.8, 4) is 5.75 Å². The number of ether oxygens (including phenoxy) is 1. The highest BCUT2D eigenvalue weighted by atomic mass is 16.5. The van der Waals surface area contributed by atoms with Gasteiger partial charge in [0, 0.05) is 5.56 Å². The Labute approximate surface area is 112 Å². The molecule has 0 aromatic heterocycles. The summed E-state index contributed by atoms with van der Waals surface area (Å²) in [6, 6.07) is 17.3. The van der Waals surface area contributed by atoms with Gasteiger partial charge in [-0.05, 0) is 29.8 Å². The first-order valence-electron chi connectivity index (χ1n) is 6.29. The molecule has 3 rings (SSSR count). The fourth-order valence-corrected chi connectivity index (χ4v) is 2.25. The lowest BCUT2D eigenvalue weighted by atomic mass is 10.0. The summed E-state index contributed by atoms with van der Waals surface area (Å²) in [4.78, 5) is 12.3. The summed E-state index contributed by atoms with van der Waals surface area (Å²) >= 11 is 0. The van der Waals surface area contributed by atoms with E-state index in [9.17, 15) is 4.79 Å². The number of methoxy groups -OCH3 is 1. The van der Waals surface area contributed by atoms with E-state index in [0.717, 1.165) is 16.9 Å². The summed E-state index contributed by atoms with van der Waals surface area (Å²) in [5.41, 5.74) is 1.88. The standard InChI is InChI=1S/C16H15NO2/c1-19-13-9-7-12(8-10-13)16(18)15-14(17-15)11-5-3-2-4-6-11/h2-10,14-15,17H,1H3. The SMILES string of the molecule is COc1ccc(C(=O)C2NC2c2ccccc2)cc1. The van der Waals surface area contributed by atoms with Crippen molar-refractivity contribution in [1.82, 2.24) is 5.32 Å². The van der Waals surface area contributed by atoms with Crippen molar-refractivity contribution in [3.63, 3.8) is 0 Å². The molecule has 0 saturated carbocycles. The van der Waals surface area contributed by atoms with E-state index in [0.29, 0.717) is 0 Å². The number of hydrogen-bond acceptors (Lipinski definition) is 3. The number of nitrogens with one attached hydrogen (secondary N) is 1. The molecule has 96 valence electrons. The van der Waals surface area contributed by atoms with E-state index < -0.39 is 0 Å². The quantitative estimate of drug-likeness (QED) is 0.673. The predicted octanol–water partition coefficient (Wildman–Crippen LogP) is 2.59. The van der Waals surface area contributed by atoms with E-state index in [1.807, 2.05) is 54.6 Å². The van der Waals surface area contributed by atoms with Gasteiger partial charge in [-0.25, -0.2) is 0 Å². The van der Waals surface area contributed by atoms with Gasteiger partial charge in [-0.3, -0.25) is 10.1 Å². The van der Waals surface area contributed by atoms with Crippen LogP contribution in [0.15, 0.2) is 54.6 Å². The summed E-state index contributed by atoms with van der Waals surface area (Å²) in [7, 11) is 1.62. The molecular formula is C16H15NO2. The van der Waals surface area contributed by atoms with Crippen molar-refractivity contribution in [2.45, 2.75) is 12.1 Å². The van der Waals surface area contributed by atoms with Crippen LogP contribution in [0, 0.1) is 0 Å². The van der Waals surface area contributed by atoms with Gasteiger partial charge >= 0.3 is 0 Å². The number of hydrogen-bond donors (Lipinski definition) is 1. The van der Waals surface area contributed by atoms with E-state index in [2.05, 4.69) is 5.32 Å². The van der Waals surface area contributed by atoms with Gasteiger partial charge in [-0.15, -0.1) is 0 Å². The Hall–Kier alpha value is -2.13. The number of Topliss-reactive ketones (excluding diaryl/α,β-unsaturated/α-hetero) is 1. The first kappa shape index (κ1) is 11.9. The number of carbonyl (C=O) groups is 1. The first-order chi connectivity index (χ1) is 9.29. The molecule has 0 spiro atoms. The third kappa shape index (κ3) is 2.37. The largest absolute Gasteiger partial charge is 0.497 e. The normalized spacial score (nSPS) is 20.9. The van der Waals surface area contributed by atoms with Gasteiger partial charge in [0.25, 0.3) is 0 Å². The maximum absolute atomic E-state index is 12.3. The lowest BCUT2D eigenvalue weighted by molar-refractivity contribution is 0.0988. The van der Waals surface area contributed by atoms with Crippen molar-refractivity contribution < 1.29 is 9.53 Å². The number of rotatable bonds is 4. The topological polar surface area (TPSA) is 48.2 Å². The van der Waals surface area contributed by atoms with Gasteiger partial charge in [0.05, 0.1) is 19.2 Å². The molecule has 0 amide bonds. The van der Waals surface area contributed by atoms with Gasteiger partial charge in [0.15, 0.2) is 5.78 Å². The molecule has 1 heterocycles. The zero-order valence-corrected chi connectivity index (χ0v) is 10.7. The Morgan fingerprint density at radius 2 is 1.74 bits per heavy atom.